The van der Waals surface area contributed by atoms with Gasteiger partial charge in [-0.15, -0.1) is 13.2 Å². The molecule has 0 bridgehead atoms. The molecule has 0 saturated heterocycles. The number of alkyl halides is 3. The van der Waals surface area contributed by atoms with Gasteiger partial charge >= 0.3 is 6.36 Å². The van der Waals surface area contributed by atoms with Gasteiger partial charge in [0.15, 0.2) is 0 Å². The Labute approximate surface area is 189 Å². The van der Waals surface area contributed by atoms with E-state index in [4.69, 9.17) is 4.74 Å². The van der Waals surface area contributed by atoms with Crippen molar-refractivity contribution in [1.82, 2.24) is 4.72 Å². The molecule has 174 valence electrons. The molecule has 0 spiro atoms. The molecule has 33 heavy (non-hydrogen) atoms. The van der Waals surface area contributed by atoms with Gasteiger partial charge in [0.2, 0.25) is 10.0 Å². The lowest BCUT2D eigenvalue weighted by atomic mass is 10.1. The minimum atomic E-state index is -4.84. The molecule has 0 amide bonds. The first-order valence-corrected chi connectivity index (χ1v) is 11.6. The standard InChI is InChI=1S/C23H21F3N2O4S/c24-23(25,26)32-18-10-12-19(13-11-18)33(29,30)27-14-5-15-28-20-7-2-1-6-17(20)16-31-22-9-4-3-8-21(22)28/h1-4,6-13,27H,5,14-16H2. The Kier molecular flexibility index (Phi) is 6.48. The van der Waals surface area contributed by atoms with Crippen LogP contribution in [0.3, 0.4) is 0 Å². The van der Waals surface area contributed by atoms with Gasteiger partial charge in [-0.3, -0.25) is 0 Å². The van der Waals surface area contributed by atoms with Crippen LogP contribution in [0.5, 0.6) is 11.5 Å². The summed E-state index contributed by atoms with van der Waals surface area (Å²) >= 11 is 0. The Balaban J connectivity index is 1.42. The molecule has 6 nitrogen and oxygen atoms in total. The second-order valence-electron chi connectivity index (χ2n) is 7.31. The fourth-order valence-electron chi connectivity index (χ4n) is 3.57. The van der Waals surface area contributed by atoms with Crippen molar-refractivity contribution < 1.29 is 31.1 Å². The predicted molar refractivity (Wildman–Crippen MR) is 117 cm³/mol. The lowest BCUT2D eigenvalue weighted by molar-refractivity contribution is -0.274. The molecule has 0 aromatic heterocycles. The summed E-state index contributed by atoms with van der Waals surface area (Å²) in [5, 5.41) is 0. The number of anilines is 2. The van der Waals surface area contributed by atoms with E-state index in [9.17, 15) is 21.6 Å². The zero-order valence-corrected chi connectivity index (χ0v) is 18.2. The van der Waals surface area contributed by atoms with Crippen LogP contribution in [0.4, 0.5) is 24.5 Å². The highest BCUT2D eigenvalue weighted by Gasteiger charge is 2.31. The van der Waals surface area contributed by atoms with E-state index in [1.807, 2.05) is 48.5 Å². The third-order valence-electron chi connectivity index (χ3n) is 5.04. The quantitative estimate of drug-likeness (QED) is 0.485. The SMILES string of the molecule is O=S(=O)(NCCCN1c2ccccc2COc2ccccc21)c1ccc(OC(F)(F)F)cc1. The van der Waals surface area contributed by atoms with E-state index in [0.717, 1.165) is 47.0 Å². The van der Waals surface area contributed by atoms with Gasteiger partial charge in [-0.05, 0) is 48.9 Å². The maximum absolute atomic E-state index is 12.5. The van der Waals surface area contributed by atoms with E-state index in [0.29, 0.717) is 19.6 Å². The monoisotopic (exact) mass is 478 g/mol. The zero-order valence-electron chi connectivity index (χ0n) is 17.4. The van der Waals surface area contributed by atoms with Crippen molar-refractivity contribution in [2.24, 2.45) is 0 Å². The van der Waals surface area contributed by atoms with Gasteiger partial charge in [0, 0.05) is 24.3 Å². The average Bonchev–Trinajstić information content (AvgIpc) is 2.93. The highest BCUT2D eigenvalue weighted by atomic mass is 32.2. The number of fused-ring (bicyclic) bond motifs is 2. The van der Waals surface area contributed by atoms with Crippen LogP contribution in [0.25, 0.3) is 0 Å². The van der Waals surface area contributed by atoms with E-state index >= 15 is 0 Å². The number of nitrogens with zero attached hydrogens (tertiary/aromatic N) is 1. The normalized spacial score (nSPS) is 13.5. The highest BCUT2D eigenvalue weighted by molar-refractivity contribution is 7.89. The first kappa shape index (κ1) is 22.9. The first-order chi connectivity index (χ1) is 15.7. The Morgan fingerprint density at radius 3 is 2.33 bits per heavy atom. The van der Waals surface area contributed by atoms with Gasteiger partial charge in [0.05, 0.1) is 10.6 Å². The van der Waals surface area contributed by atoms with Gasteiger partial charge in [-0.1, -0.05) is 30.3 Å². The Bertz CT molecular complexity index is 1170. The average molecular weight is 478 g/mol. The first-order valence-electron chi connectivity index (χ1n) is 10.2. The molecule has 3 aromatic carbocycles. The summed E-state index contributed by atoms with van der Waals surface area (Å²) in [5.74, 6) is 0.262. The molecular weight excluding hydrogens is 457 g/mol. The molecule has 1 aliphatic rings. The van der Waals surface area contributed by atoms with Gasteiger partial charge in [0.25, 0.3) is 0 Å². The number of rotatable bonds is 7. The number of benzene rings is 3. The third kappa shape index (κ3) is 5.58. The van der Waals surface area contributed by atoms with E-state index in [1.54, 1.807) is 0 Å². The molecule has 0 radical (unpaired) electrons. The summed E-state index contributed by atoms with van der Waals surface area (Å²) in [7, 11) is -3.88. The van der Waals surface area contributed by atoms with Gasteiger partial charge in [-0.2, -0.15) is 0 Å². The fraction of sp³-hybridized carbons (Fsp3) is 0.217. The molecule has 1 N–H and O–H groups in total. The number of para-hydroxylation sites is 3. The smallest absolute Gasteiger partial charge is 0.487 e. The van der Waals surface area contributed by atoms with E-state index in [2.05, 4.69) is 14.4 Å². The minimum Gasteiger partial charge on any atom is -0.487 e. The molecule has 0 saturated carbocycles. The largest absolute Gasteiger partial charge is 0.573 e. The summed E-state index contributed by atoms with van der Waals surface area (Å²) in [4.78, 5) is 1.95. The lowest BCUT2D eigenvalue weighted by Gasteiger charge is -2.25. The van der Waals surface area contributed by atoms with Gasteiger partial charge in [-0.25, -0.2) is 13.1 Å². The molecular formula is C23H21F3N2O4S. The summed E-state index contributed by atoms with van der Waals surface area (Å²) in [6, 6.07) is 19.6. The Morgan fingerprint density at radius 1 is 0.939 bits per heavy atom. The topological polar surface area (TPSA) is 67.9 Å². The van der Waals surface area contributed by atoms with Crippen molar-refractivity contribution in [2.45, 2.75) is 24.3 Å². The van der Waals surface area contributed by atoms with Crippen LogP contribution >= 0.6 is 0 Å². The molecule has 0 aliphatic carbocycles. The highest BCUT2D eigenvalue weighted by Crippen LogP contribution is 2.39. The summed E-state index contributed by atoms with van der Waals surface area (Å²) < 4.78 is 74.1. The molecule has 0 fully saturated rings. The van der Waals surface area contributed by atoms with Crippen molar-refractivity contribution >= 4 is 21.4 Å². The van der Waals surface area contributed by atoms with Crippen molar-refractivity contribution in [3.8, 4) is 11.5 Å². The number of nitrogens with one attached hydrogen (secondary N) is 1. The van der Waals surface area contributed by atoms with Crippen LogP contribution in [0.1, 0.15) is 12.0 Å². The Morgan fingerprint density at radius 2 is 1.61 bits per heavy atom. The summed E-state index contributed by atoms with van der Waals surface area (Å²) in [6.45, 7) is 1.10. The summed E-state index contributed by atoms with van der Waals surface area (Å²) in [6.07, 6.45) is -4.36. The molecule has 1 aliphatic heterocycles. The van der Waals surface area contributed by atoms with E-state index in [-0.39, 0.29) is 11.4 Å². The molecule has 10 heteroatoms. The number of hydrogen-bond donors (Lipinski definition) is 1. The van der Waals surface area contributed by atoms with Crippen LogP contribution < -0.4 is 19.1 Å². The number of halogens is 3. The van der Waals surface area contributed by atoms with Crippen LogP contribution in [-0.4, -0.2) is 27.9 Å². The maximum Gasteiger partial charge on any atom is 0.573 e. The lowest BCUT2D eigenvalue weighted by Crippen LogP contribution is -2.28. The number of hydrogen-bond acceptors (Lipinski definition) is 5. The van der Waals surface area contributed by atoms with Crippen LogP contribution in [-0.2, 0) is 16.6 Å². The molecule has 0 atom stereocenters. The number of ether oxygens (including phenoxy) is 2. The van der Waals surface area contributed by atoms with Crippen LogP contribution in [0, 0.1) is 0 Å². The summed E-state index contributed by atoms with van der Waals surface area (Å²) in [5.41, 5.74) is 2.91. The van der Waals surface area contributed by atoms with Crippen molar-refractivity contribution in [2.75, 3.05) is 18.0 Å². The Hall–Kier alpha value is -3.24. The van der Waals surface area contributed by atoms with Crippen LogP contribution in [0.2, 0.25) is 0 Å². The second kappa shape index (κ2) is 9.32. The van der Waals surface area contributed by atoms with E-state index < -0.39 is 22.1 Å². The fourth-order valence-corrected chi connectivity index (χ4v) is 4.65. The molecule has 3 aromatic rings. The van der Waals surface area contributed by atoms with Gasteiger partial charge < -0.3 is 14.4 Å². The van der Waals surface area contributed by atoms with Crippen molar-refractivity contribution in [3.63, 3.8) is 0 Å². The second-order valence-corrected chi connectivity index (χ2v) is 9.07. The van der Waals surface area contributed by atoms with Crippen molar-refractivity contribution in [3.05, 3.63) is 78.4 Å². The van der Waals surface area contributed by atoms with Crippen molar-refractivity contribution in [1.29, 1.82) is 0 Å². The zero-order chi connectivity index (χ0) is 23.5. The van der Waals surface area contributed by atoms with Crippen LogP contribution in [0.15, 0.2) is 77.7 Å². The predicted octanol–water partition coefficient (Wildman–Crippen LogP) is 4.98. The third-order valence-corrected chi connectivity index (χ3v) is 6.52. The number of sulfonamides is 1. The van der Waals surface area contributed by atoms with E-state index in [1.165, 1.54) is 0 Å². The molecule has 1 heterocycles. The minimum absolute atomic E-state index is 0.143. The molecule has 4 rings (SSSR count). The molecule has 0 unspecified atom stereocenters. The van der Waals surface area contributed by atoms with Gasteiger partial charge in [0.1, 0.15) is 18.1 Å². The maximum atomic E-state index is 12.5.